The van der Waals surface area contributed by atoms with Crippen LogP contribution >= 0.6 is 0 Å². The molecule has 0 spiro atoms. The Morgan fingerprint density at radius 3 is 2.32 bits per heavy atom. The van der Waals surface area contributed by atoms with Crippen molar-refractivity contribution >= 4 is 0 Å². The van der Waals surface area contributed by atoms with Crippen LogP contribution in [-0.2, 0) is 6.54 Å². The Labute approximate surface area is 115 Å². The van der Waals surface area contributed by atoms with E-state index in [1.807, 2.05) is 7.05 Å². The van der Waals surface area contributed by atoms with Crippen molar-refractivity contribution in [3.05, 3.63) is 41.2 Å². The number of benzene rings is 1. The Bertz CT molecular complexity index is 552. The maximum atomic E-state index is 4.58. The number of nitrogens with zero attached hydrogens (tertiary/aromatic N) is 2. The molecule has 1 N–H and O–H groups in total. The molecule has 1 aromatic heterocycles. The molecule has 2 rings (SSSR count). The quantitative estimate of drug-likeness (QED) is 0.909. The number of nitrogens with one attached hydrogen (secondary N) is 1. The Kier molecular flexibility index (Phi) is 4.05. The number of rotatable bonds is 4. The highest BCUT2D eigenvalue weighted by atomic mass is 15.3. The minimum absolute atomic E-state index is 0.384. The Balaban J connectivity index is 2.40. The lowest BCUT2D eigenvalue weighted by Crippen LogP contribution is -2.11. The molecule has 1 heterocycles. The molecule has 102 valence electrons. The van der Waals surface area contributed by atoms with Crippen LogP contribution < -0.4 is 5.32 Å². The summed E-state index contributed by atoms with van der Waals surface area (Å²) in [7, 11) is 1.98. The van der Waals surface area contributed by atoms with E-state index in [9.17, 15) is 0 Å². The van der Waals surface area contributed by atoms with Gasteiger partial charge < -0.3 is 5.32 Å². The first-order valence-corrected chi connectivity index (χ1v) is 6.90. The van der Waals surface area contributed by atoms with Crippen molar-refractivity contribution in [1.82, 2.24) is 15.1 Å². The van der Waals surface area contributed by atoms with Gasteiger partial charge in [-0.05, 0) is 45.9 Å². The summed E-state index contributed by atoms with van der Waals surface area (Å²) in [5, 5.41) is 7.84. The van der Waals surface area contributed by atoms with Crippen molar-refractivity contribution in [1.29, 1.82) is 0 Å². The van der Waals surface area contributed by atoms with Crippen LogP contribution in [0.1, 0.15) is 36.8 Å². The molecule has 1 unspecified atom stereocenters. The van der Waals surface area contributed by atoms with Gasteiger partial charge in [0.05, 0.1) is 5.69 Å². The number of hydrogen-bond donors (Lipinski definition) is 1. The summed E-state index contributed by atoms with van der Waals surface area (Å²) < 4.78 is 2.06. The molecule has 3 nitrogen and oxygen atoms in total. The molecular formula is C16H23N3. The average molecular weight is 257 g/mol. The fourth-order valence-electron chi connectivity index (χ4n) is 2.53. The molecule has 0 aliphatic carbocycles. The first kappa shape index (κ1) is 13.8. The molecule has 0 aliphatic rings. The summed E-state index contributed by atoms with van der Waals surface area (Å²) in [6, 6.07) is 9.16. The van der Waals surface area contributed by atoms with Crippen molar-refractivity contribution in [2.45, 2.75) is 40.3 Å². The van der Waals surface area contributed by atoms with Gasteiger partial charge in [0.1, 0.15) is 0 Å². The van der Waals surface area contributed by atoms with E-state index in [2.05, 4.69) is 67.1 Å². The summed E-state index contributed by atoms with van der Waals surface area (Å²) in [6.45, 7) is 9.44. The third-order valence-corrected chi connectivity index (χ3v) is 3.81. The second kappa shape index (κ2) is 5.57. The highest BCUT2D eigenvalue weighted by Gasteiger charge is 2.12. The van der Waals surface area contributed by atoms with E-state index < -0.39 is 0 Å². The zero-order chi connectivity index (χ0) is 14.0. The van der Waals surface area contributed by atoms with Gasteiger partial charge in [-0.1, -0.05) is 24.3 Å². The summed E-state index contributed by atoms with van der Waals surface area (Å²) in [4.78, 5) is 0. The molecule has 3 heteroatoms. The van der Waals surface area contributed by atoms with Crippen LogP contribution in [0.4, 0.5) is 0 Å². The summed E-state index contributed by atoms with van der Waals surface area (Å²) in [6.07, 6.45) is 0. The zero-order valence-electron chi connectivity index (χ0n) is 12.5. The van der Waals surface area contributed by atoms with Crippen LogP contribution in [0.3, 0.4) is 0 Å². The Morgan fingerprint density at radius 2 is 1.84 bits per heavy atom. The molecule has 0 bridgehead atoms. The summed E-state index contributed by atoms with van der Waals surface area (Å²) in [5.41, 5.74) is 6.18. The van der Waals surface area contributed by atoms with Crippen molar-refractivity contribution in [2.24, 2.45) is 0 Å². The van der Waals surface area contributed by atoms with E-state index in [-0.39, 0.29) is 0 Å². The fourth-order valence-corrected chi connectivity index (χ4v) is 2.53. The van der Waals surface area contributed by atoms with Gasteiger partial charge in [-0.2, -0.15) is 5.10 Å². The number of aromatic nitrogens is 2. The molecule has 0 saturated carbocycles. The lowest BCUT2D eigenvalue weighted by molar-refractivity contribution is 0.634. The number of hydrogen-bond acceptors (Lipinski definition) is 2. The smallest absolute Gasteiger partial charge is 0.0674 e. The SMILES string of the molecule is CCn1nc(C)c(-c2ccc(C(C)NC)cc2)c1C. The molecule has 2 aromatic rings. The van der Waals surface area contributed by atoms with Crippen molar-refractivity contribution in [3.8, 4) is 11.1 Å². The zero-order valence-corrected chi connectivity index (χ0v) is 12.5. The van der Waals surface area contributed by atoms with Gasteiger partial charge in [-0.3, -0.25) is 4.68 Å². The summed E-state index contributed by atoms with van der Waals surface area (Å²) >= 11 is 0. The molecule has 0 saturated heterocycles. The van der Waals surface area contributed by atoms with Crippen LogP contribution in [0, 0.1) is 13.8 Å². The molecule has 0 radical (unpaired) electrons. The van der Waals surface area contributed by atoms with Gasteiger partial charge >= 0.3 is 0 Å². The Hall–Kier alpha value is -1.61. The maximum Gasteiger partial charge on any atom is 0.0674 e. The maximum absolute atomic E-state index is 4.58. The predicted molar refractivity (Wildman–Crippen MR) is 80.3 cm³/mol. The minimum Gasteiger partial charge on any atom is -0.313 e. The van der Waals surface area contributed by atoms with Crippen LogP contribution in [0.15, 0.2) is 24.3 Å². The van der Waals surface area contributed by atoms with Crippen LogP contribution in [-0.4, -0.2) is 16.8 Å². The lowest BCUT2D eigenvalue weighted by atomic mass is 10.00. The van der Waals surface area contributed by atoms with Gasteiger partial charge in [0.2, 0.25) is 0 Å². The second-order valence-electron chi connectivity index (χ2n) is 4.99. The van der Waals surface area contributed by atoms with Gasteiger partial charge in [-0.25, -0.2) is 0 Å². The van der Waals surface area contributed by atoms with Crippen LogP contribution in [0.5, 0.6) is 0 Å². The standard InChI is InChI=1S/C16H23N3/c1-6-19-13(4)16(12(3)18-19)15-9-7-14(8-10-15)11(2)17-5/h7-11,17H,6H2,1-5H3. The van der Waals surface area contributed by atoms with Gasteiger partial charge in [0.25, 0.3) is 0 Å². The molecule has 0 fully saturated rings. The fraction of sp³-hybridized carbons (Fsp3) is 0.438. The minimum atomic E-state index is 0.384. The van der Waals surface area contributed by atoms with Gasteiger partial charge in [0, 0.05) is 23.8 Å². The Morgan fingerprint density at radius 1 is 1.21 bits per heavy atom. The number of aryl methyl sites for hydroxylation is 2. The van der Waals surface area contributed by atoms with Gasteiger partial charge in [0.15, 0.2) is 0 Å². The average Bonchev–Trinajstić information content (AvgIpc) is 2.72. The predicted octanol–water partition coefficient (Wildman–Crippen LogP) is 3.47. The van der Waals surface area contributed by atoms with Crippen molar-refractivity contribution < 1.29 is 0 Å². The normalized spacial score (nSPS) is 12.7. The van der Waals surface area contributed by atoms with E-state index in [0.717, 1.165) is 12.2 Å². The monoisotopic (exact) mass is 257 g/mol. The van der Waals surface area contributed by atoms with Crippen molar-refractivity contribution in [3.63, 3.8) is 0 Å². The molecule has 0 amide bonds. The lowest BCUT2D eigenvalue weighted by Gasteiger charge is -2.11. The third-order valence-electron chi connectivity index (χ3n) is 3.81. The highest BCUT2D eigenvalue weighted by Crippen LogP contribution is 2.28. The van der Waals surface area contributed by atoms with E-state index >= 15 is 0 Å². The summed E-state index contributed by atoms with van der Waals surface area (Å²) in [5.74, 6) is 0. The third kappa shape index (κ3) is 2.56. The van der Waals surface area contributed by atoms with Crippen LogP contribution in [0.2, 0.25) is 0 Å². The van der Waals surface area contributed by atoms with E-state index in [0.29, 0.717) is 6.04 Å². The first-order valence-electron chi connectivity index (χ1n) is 6.90. The van der Waals surface area contributed by atoms with E-state index in [1.54, 1.807) is 0 Å². The molecule has 0 aliphatic heterocycles. The van der Waals surface area contributed by atoms with E-state index in [4.69, 9.17) is 0 Å². The van der Waals surface area contributed by atoms with E-state index in [1.165, 1.54) is 22.4 Å². The highest BCUT2D eigenvalue weighted by molar-refractivity contribution is 5.68. The topological polar surface area (TPSA) is 29.9 Å². The van der Waals surface area contributed by atoms with Gasteiger partial charge in [-0.15, -0.1) is 0 Å². The van der Waals surface area contributed by atoms with Crippen molar-refractivity contribution in [2.75, 3.05) is 7.05 Å². The first-order chi connectivity index (χ1) is 9.08. The molecule has 1 atom stereocenters. The molecular weight excluding hydrogens is 234 g/mol. The largest absolute Gasteiger partial charge is 0.313 e. The van der Waals surface area contributed by atoms with Crippen LogP contribution in [0.25, 0.3) is 11.1 Å². The molecule has 1 aromatic carbocycles. The second-order valence-corrected chi connectivity index (χ2v) is 4.99. The molecule has 19 heavy (non-hydrogen) atoms.